The van der Waals surface area contributed by atoms with E-state index >= 15 is 0 Å². The number of aldehydes is 1. The molecule has 0 spiro atoms. The normalized spacial score (nSPS) is 9.94. The van der Waals surface area contributed by atoms with Gasteiger partial charge < -0.3 is 0 Å². The zero-order valence-electron chi connectivity index (χ0n) is 9.51. The van der Waals surface area contributed by atoms with Gasteiger partial charge in [0.25, 0.3) is 0 Å². The van der Waals surface area contributed by atoms with E-state index < -0.39 is 5.78 Å². The quantitative estimate of drug-likeness (QED) is 0.456. The van der Waals surface area contributed by atoms with Crippen molar-refractivity contribution in [1.82, 2.24) is 0 Å². The van der Waals surface area contributed by atoms with Crippen LogP contribution in [0.3, 0.4) is 0 Å². The van der Waals surface area contributed by atoms with Crippen LogP contribution in [0.25, 0.3) is 11.1 Å². The second-order valence-corrected chi connectivity index (χ2v) is 3.83. The lowest BCUT2D eigenvalue weighted by molar-refractivity contribution is -0.104. The molecule has 0 aliphatic heterocycles. The van der Waals surface area contributed by atoms with E-state index in [2.05, 4.69) is 0 Å². The first-order valence-corrected chi connectivity index (χ1v) is 5.38. The Hall–Kier alpha value is -2.22. The fraction of sp³-hybridized carbons (Fsp3) is 0.0667. The van der Waals surface area contributed by atoms with Gasteiger partial charge in [-0.05, 0) is 23.6 Å². The summed E-state index contributed by atoms with van der Waals surface area (Å²) >= 11 is 0. The minimum Gasteiger partial charge on any atom is -0.294 e. The van der Waals surface area contributed by atoms with Gasteiger partial charge in [-0.15, -0.1) is 0 Å². The molecule has 0 radical (unpaired) electrons. The first kappa shape index (κ1) is 11.3. The topological polar surface area (TPSA) is 34.1 Å². The molecule has 0 heterocycles. The highest BCUT2D eigenvalue weighted by Gasteiger charge is 2.11. The van der Waals surface area contributed by atoms with Crippen LogP contribution < -0.4 is 0 Å². The molecule has 0 amide bonds. The second-order valence-electron chi connectivity index (χ2n) is 3.83. The molecule has 2 rings (SSSR count). The molecule has 2 aromatic rings. The van der Waals surface area contributed by atoms with E-state index in [1.165, 1.54) is 0 Å². The number of Topliss-reactive ketones (excluding diaryl/α,β-unsaturated/α-hetero) is 1. The van der Waals surface area contributed by atoms with Crippen LogP contribution in [0.5, 0.6) is 0 Å². The number of carbonyl (C=O) groups is 2. The molecule has 2 aromatic carbocycles. The maximum absolute atomic E-state index is 11.4. The first-order chi connectivity index (χ1) is 8.24. The standard InChI is InChI=1S/C15H12O2/c1-11-13(12-6-3-2-4-7-12)8-5-9-14(11)15(17)10-16/h2-10H,1H3. The first-order valence-electron chi connectivity index (χ1n) is 5.38. The van der Waals surface area contributed by atoms with Gasteiger partial charge in [0, 0.05) is 5.56 Å². The third kappa shape index (κ3) is 2.16. The monoisotopic (exact) mass is 224 g/mol. The Morgan fingerprint density at radius 2 is 1.71 bits per heavy atom. The van der Waals surface area contributed by atoms with Gasteiger partial charge in [0.15, 0.2) is 6.29 Å². The van der Waals surface area contributed by atoms with Crippen molar-refractivity contribution < 1.29 is 9.59 Å². The van der Waals surface area contributed by atoms with E-state index in [-0.39, 0.29) is 0 Å². The van der Waals surface area contributed by atoms with Crippen molar-refractivity contribution in [3.63, 3.8) is 0 Å². The van der Waals surface area contributed by atoms with Crippen LogP contribution >= 0.6 is 0 Å². The molecule has 0 saturated carbocycles. The van der Waals surface area contributed by atoms with Crippen LogP contribution in [-0.4, -0.2) is 12.1 Å². The molecule has 0 aliphatic rings. The van der Waals surface area contributed by atoms with Crippen molar-refractivity contribution >= 4 is 12.1 Å². The highest BCUT2D eigenvalue weighted by atomic mass is 16.2. The number of hydrogen-bond acceptors (Lipinski definition) is 2. The minimum atomic E-state index is -0.472. The van der Waals surface area contributed by atoms with Crippen LogP contribution in [0, 0.1) is 6.92 Å². The highest BCUT2D eigenvalue weighted by molar-refractivity contribution is 6.33. The number of benzene rings is 2. The van der Waals surface area contributed by atoms with Gasteiger partial charge in [0.05, 0.1) is 0 Å². The van der Waals surface area contributed by atoms with Gasteiger partial charge >= 0.3 is 0 Å². The van der Waals surface area contributed by atoms with E-state index in [1.807, 2.05) is 43.3 Å². The van der Waals surface area contributed by atoms with Gasteiger partial charge in [0.2, 0.25) is 5.78 Å². The lowest BCUT2D eigenvalue weighted by Gasteiger charge is -2.08. The summed E-state index contributed by atoms with van der Waals surface area (Å²) in [5, 5.41) is 0. The van der Waals surface area contributed by atoms with E-state index in [0.717, 1.165) is 16.7 Å². The number of carbonyl (C=O) groups excluding carboxylic acids is 2. The summed E-state index contributed by atoms with van der Waals surface area (Å²) in [7, 11) is 0. The number of rotatable bonds is 3. The Bertz CT molecular complexity index is 556. The SMILES string of the molecule is Cc1c(C(=O)C=O)cccc1-c1ccccc1. The molecule has 2 nitrogen and oxygen atoms in total. The summed E-state index contributed by atoms with van der Waals surface area (Å²) in [5.41, 5.74) is 3.35. The van der Waals surface area contributed by atoms with Crippen molar-refractivity contribution in [2.45, 2.75) is 6.92 Å². The Balaban J connectivity index is 2.58. The molecular weight excluding hydrogens is 212 g/mol. The Labute approximate surface area is 99.9 Å². The predicted octanol–water partition coefficient (Wildman–Crippen LogP) is 3.04. The fourth-order valence-corrected chi connectivity index (χ4v) is 1.90. The molecule has 2 heteroatoms. The average molecular weight is 224 g/mol. The average Bonchev–Trinajstić information content (AvgIpc) is 2.39. The van der Waals surface area contributed by atoms with E-state index in [0.29, 0.717) is 11.8 Å². The van der Waals surface area contributed by atoms with E-state index in [9.17, 15) is 9.59 Å². The van der Waals surface area contributed by atoms with E-state index in [1.54, 1.807) is 12.1 Å². The zero-order valence-corrected chi connectivity index (χ0v) is 9.51. The zero-order chi connectivity index (χ0) is 12.3. The fourth-order valence-electron chi connectivity index (χ4n) is 1.90. The summed E-state index contributed by atoms with van der Waals surface area (Å²) < 4.78 is 0. The summed E-state index contributed by atoms with van der Waals surface area (Å²) in [6.45, 7) is 1.86. The third-order valence-electron chi connectivity index (χ3n) is 2.79. The molecule has 0 atom stereocenters. The van der Waals surface area contributed by atoms with Gasteiger partial charge in [-0.25, -0.2) is 0 Å². The lowest BCUT2D eigenvalue weighted by Crippen LogP contribution is -2.03. The number of hydrogen-bond donors (Lipinski definition) is 0. The van der Waals surface area contributed by atoms with Crippen molar-refractivity contribution in [3.8, 4) is 11.1 Å². The van der Waals surface area contributed by atoms with E-state index in [4.69, 9.17) is 0 Å². The summed E-state index contributed by atoms with van der Waals surface area (Å²) in [6.07, 6.45) is 0.358. The van der Waals surface area contributed by atoms with Gasteiger partial charge in [-0.2, -0.15) is 0 Å². The molecule has 0 aromatic heterocycles. The van der Waals surface area contributed by atoms with Crippen LogP contribution in [0.4, 0.5) is 0 Å². The Kier molecular flexibility index (Phi) is 3.15. The maximum Gasteiger partial charge on any atom is 0.225 e. The molecule has 0 N–H and O–H groups in total. The molecule has 0 saturated heterocycles. The molecule has 0 unspecified atom stereocenters. The van der Waals surface area contributed by atoms with Gasteiger partial charge in [-0.3, -0.25) is 9.59 Å². The second kappa shape index (κ2) is 4.74. The maximum atomic E-state index is 11.4. The van der Waals surface area contributed by atoms with Crippen molar-refractivity contribution in [2.24, 2.45) is 0 Å². The summed E-state index contributed by atoms with van der Waals surface area (Å²) in [6, 6.07) is 15.2. The minimum absolute atomic E-state index is 0.358. The van der Waals surface area contributed by atoms with Crippen molar-refractivity contribution in [3.05, 3.63) is 59.7 Å². The summed E-state index contributed by atoms with van der Waals surface area (Å²) in [4.78, 5) is 22.0. The van der Waals surface area contributed by atoms with Crippen LogP contribution in [0.15, 0.2) is 48.5 Å². The van der Waals surface area contributed by atoms with Gasteiger partial charge in [0.1, 0.15) is 0 Å². The Morgan fingerprint density at radius 1 is 1.00 bits per heavy atom. The number of ketones is 1. The van der Waals surface area contributed by atoms with Crippen LogP contribution in [-0.2, 0) is 4.79 Å². The molecule has 0 fully saturated rings. The van der Waals surface area contributed by atoms with Crippen molar-refractivity contribution in [2.75, 3.05) is 0 Å². The molecule has 17 heavy (non-hydrogen) atoms. The van der Waals surface area contributed by atoms with Crippen LogP contribution in [0.1, 0.15) is 15.9 Å². The Morgan fingerprint density at radius 3 is 2.35 bits per heavy atom. The highest BCUT2D eigenvalue weighted by Crippen LogP contribution is 2.25. The molecule has 0 aliphatic carbocycles. The van der Waals surface area contributed by atoms with Crippen LogP contribution in [0.2, 0.25) is 0 Å². The summed E-state index contributed by atoms with van der Waals surface area (Å²) in [5.74, 6) is -0.472. The molecule has 0 bridgehead atoms. The molecule has 84 valence electrons. The predicted molar refractivity (Wildman–Crippen MR) is 67.0 cm³/mol. The third-order valence-corrected chi connectivity index (χ3v) is 2.79. The van der Waals surface area contributed by atoms with Gasteiger partial charge in [-0.1, -0.05) is 48.5 Å². The molecular formula is C15H12O2. The smallest absolute Gasteiger partial charge is 0.225 e. The van der Waals surface area contributed by atoms with Crippen molar-refractivity contribution in [1.29, 1.82) is 0 Å². The largest absolute Gasteiger partial charge is 0.294 e. The lowest BCUT2D eigenvalue weighted by atomic mass is 9.95.